The van der Waals surface area contributed by atoms with Crippen molar-refractivity contribution in [1.29, 1.82) is 0 Å². The van der Waals surface area contributed by atoms with Crippen LogP contribution in [0.3, 0.4) is 0 Å². The number of alkyl halides is 1. The summed E-state index contributed by atoms with van der Waals surface area (Å²) >= 11 is 0. The minimum absolute atomic E-state index is 0.163. The largest absolute Gasteiger partial charge is 0.472 e. The van der Waals surface area contributed by atoms with E-state index in [1.165, 1.54) is 17.1 Å². The average molecular weight is 687 g/mol. The molecule has 21 nitrogen and oxygen atoms in total. The molecule has 8 heterocycles. The molecule has 24 heteroatoms. The van der Waals surface area contributed by atoms with Crippen LogP contribution in [0.25, 0.3) is 22.3 Å². The van der Waals surface area contributed by atoms with Gasteiger partial charge in [-0.1, -0.05) is 0 Å². The third kappa shape index (κ3) is 4.68. The Balaban J connectivity index is 1.14. The zero-order valence-electron chi connectivity index (χ0n) is 23.1. The number of hydrogen-bond acceptors (Lipinski definition) is 16. The number of nitrogens with one attached hydrogen (secondary N) is 1. The number of aromatic nitrogens is 7. The van der Waals surface area contributed by atoms with Gasteiger partial charge in [0.15, 0.2) is 35.4 Å². The molecule has 4 aliphatic rings. The summed E-state index contributed by atoms with van der Waals surface area (Å²) in [7, 11) is -10.2. The number of imidazole rings is 2. The van der Waals surface area contributed by atoms with Gasteiger partial charge in [-0.25, -0.2) is 28.5 Å². The minimum atomic E-state index is -5.18. The van der Waals surface area contributed by atoms with Gasteiger partial charge in [0.1, 0.15) is 35.5 Å². The van der Waals surface area contributed by atoms with Gasteiger partial charge in [-0.05, 0) is 6.07 Å². The van der Waals surface area contributed by atoms with Crippen LogP contribution in [0.1, 0.15) is 12.5 Å². The molecule has 7 N–H and O–H groups in total. The second-order valence-electron chi connectivity index (χ2n) is 11.0. The number of fused-ring (bicyclic) bond motifs is 4. The molecule has 46 heavy (non-hydrogen) atoms. The lowest BCUT2D eigenvalue weighted by molar-refractivity contribution is -0.184. The van der Waals surface area contributed by atoms with Crippen LogP contribution in [0.2, 0.25) is 0 Å². The highest BCUT2D eigenvalue weighted by atomic mass is 31.2. The Labute approximate surface area is 254 Å². The van der Waals surface area contributed by atoms with Crippen molar-refractivity contribution in [2.75, 3.05) is 31.3 Å². The number of ether oxygens (including phenoxy) is 3. The van der Waals surface area contributed by atoms with Crippen molar-refractivity contribution in [3.63, 3.8) is 0 Å². The Kier molecular flexibility index (Phi) is 6.71. The highest BCUT2D eigenvalue weighted by molar-refractivity contribution is 7.47. The van der Waals surface area contributed by atoms with E-state index in [0.717, 1.165) is 10.9 Å². The molecule has 8 rings (SSSR count). The summed E-state index contributed by atoms with van der Waals surface area (Å²) in [5, 5.41) is 0. The van der Waals surface area contributed by atoms with Crippen LogP contribution in [0, 0.1) is 0 Å². The van der Waals surface area contributed by atoms with E-state index in [0.29, 0.717) is 16.9 Å². The molecular weight excluding hydrogens is 663 g/mol. The van der Waals surface area contributed by atoms with Crippen LogP contribution in [0.5, 0.6) is 0 Å². The molecule has 10 atom stereocenters. The second kappa shape index (κ2) is 10.3. The van der Waals surface area contributed by atoms with Crippen molar-refractivity contribution in [2.45, 2.75) is 48.6 Å². The van der Waals surface area contributed by atoms with Gasteiger partial charge in [0, 0.05) is 6.20 Å². The van der Waals surface area contributed by atoms with Gasteiger partial charge in [-0.15, -0.1) is 0 Å². The molecular formula is C22H24FN9O12P2. The zero-order valence-corrected chi connectivity index (χ0v) is 24.8. The Bertz CT molecular complexity index is 2030. The van der Waals surface area contributed by atoms with Gasteiger partial charge in [-0.2, -0.15) is 4.98 Å². The van der Waals surface area contributed by atoms with E-state index in [1.807, 2.05) is 0 Å². The fourth-order valence-corrected chi connectivity index (χ4v) is 7.99. The van der Waals surface area contributed by atoms with Crippen molar-refractivity contribution < 1.29 is 55.6 Å². The first-order valence-electron chi connectivity index (χ1n) is 13.5. The Morgan fingerprint density at radius 1 is 0.978 bits per heavy atom. The molecule has 0 spiro atoms. The highest BCUT2D eigenvalue weighted by Crippen LogP contribution is 2.58. The van der Waals surface area contributed by atoms with E-state index in [-0.39, 0.29) is 23.7 Å². The molecule has 0 aliphatic carbocycles. The third-order valence-electron chi connectivity index (χ3n) is 8.10. The number of pyridine rings is 1. The van der Waals surface area contributed by atoms with Crippen molar-refractivity contribution in [1.82, 2.24) is 34.1 Å². The zero-order chi connectivity index (χ0) is 32.2. The quantitative estimate of drug-likeness (QED) is 0.168. The highest BCUT2D eigenvalue weighted by Gasteiger charge is 2.66. The molecule has 4 aliphatic heterocycles. The van der Waals surface area contributed by atoms with Crippen molar-refractivity contribution in [3.8, 4) is 0 Å². The number of anilines is 2. The van der Waals surface area contributed by atoms with Crippen LogP contribution in [-0.4, -0.2) is 99.9 Å². The summed E-state index contributed by atoms with van der Waals surface area (Å²) in [5.74, 6) is -0.299. The van der Waals surface area contributed by atoms with E-state index in [4.69, 9.17) is 43.8 Å². The smallest absolute Gasteiger partial charge is 0.397 e. The number of phosphoric ester groups is 2. The van der Waals surface area contributed by atoms with E-state index in [9.17, 15) is 23.7 Å². The average Bonchev–Trinajstić information content (AvgIpc) is 3.80. The minimum Gasteiger partial charge on any atom is -0.397 e. The number of nitrogens with zero attached hydrogens (tertiary/aromatic N) is 6. The molecule has 4 bridgehead atoms. The first-order valence-corrected chi connectivity index (χ1v) is 16.5. The van der Waals surface area contributed by atoms with E-state index in [2.05, 4.69) is 24.9 Å². The molecule has 0 radical (unpaired) electrons. The molecule has 4 aromatic rings. The third-order valence-corrected chi connectivity index (χ3v) is 10.0. The summed E-state index contributed by atoms with van der Waals surface area (Å²) in [6, 6.07) is 1.55. The first kappa shape index (κ1) is 30.0. The van der Waals surface area contributed by atoms with Gasteiger partial charge in [0.05, 0.1) is 38.2 Å². The number of halogens is 1. The van der Waals surface area contributed by atoms with Crippen LogP contribution in [0.15, 0.2) is 29.7 Å². The van der Waals surface area contributed by atoms with Gasteiger partial charge in [0.25, 0.3) is 5.56 Å². The maximum Gasteiger partial charge on any atom is 0.472 e. The number of phosphoric acid groups is 2. The first-order chi connectivity index (χ1) is 21.8. The van der Waals surface area contributed by atoms with Crippen molar-refractivity contribution in [2.24, 2.45) is 0 Å². The Hall–Kier alpha value is -3.40. The molecule has 0 saturated carbocycles. The van der Waals surface area contributed by atoms with E-state index >= 15 is 4.39 Å². The standard InChI is InChI=1S/C22H24FN9O12P2/c23-10-9-3-39-45(34,35)44-15-14-20(31-6-27-11-8(24)1-2-26-16(11)31)42-22(15,4-38-14)5-40-46(36,37)43-13(10)19(41-9)32-7-28-12-17(32)29-21(25)30-18(12)33/h1-2,6-7,9-10,13-15,19-20H,3-5H2,(H2,24,26)(H,34,35)(H,36,37)(H3,25,29,30,33)/t9-,10-,13-,14-,15+,19-,20-,22+/m1/s1. The normalized spacial score (nSPS) is 39.7. The fourth-order valence-electron chi connectivity index (χ4n) is 6.03. The summed E-state index contributed by atoms with van der Waals surface area (Å²) in [5.41, 5.74) is 9.79. The van der Waals surface area contributed by atoms with E-state index < -0.39 is 83.1 Å². The van der Waals surface area contributed by atoms with Crippen LogP contribution >= 0.6 is 15.6 Å². The monoisotopic (exact) mass is 687 g/mol. The SMILES string of the molecule is Nc1nc2c(ncn2[C@@H]2O[C@@H]3COP(=O)(O)O[C@H]4[C@H]5OC[C@@]4(COP(=O)(O)O[C@@H]2[C@@H]3F)O[C@H]5n2cnc3c(N)ccnc32)c(=O)[nH]1. The van der Waals surface area contributed by atoms with Gasteiger partial charge in [0.2, 0.25) is 5.95 Å². The number of hydrogen-bond donors (Lipinski definition) is 5. The summed E-state index contributed by atoms with van der Waals surface area (Å²) in [6.45, 7) is -1.98. The summed E-state index contributed by atoms with van der Waals surface area (Å²) in [4.78, 5) is 52.6. The fraction of sp³-hybridized carbons (Fsp3) is 0.500. The number of rotatable bonds is 2. The van der Waals surface area contributed by atoms with Crippen molar-refractivity contribution >= 4 is 49.6 Å². The molecule has 2 unspecified atom stereocenters. The lowest BCUT2D eigenvalue weighted by Crippen LogP contribution is -2.45. The number of nitrogens with two attached hydrogens (primary N) is 2. The van der Waals surface area contributed by atoms with Gasteiger partial charge >= 0.3 is 15.6 Å². The number of H-pyrrole nitrogens is 1. The molecule has 0 amide bonds. The molecule has 4 saturated heterocycles. The Morgan fingerprint density at radius 3 is 2.52 bits per heavy atom. The van der Waals surface area contributed by atoms with Crippen molar-refractivity contribution in [3.05, 3.63) is 35.3 Å². The maximum atomic E-state index is 15.8. The predicted octanol–water partition coefficient (Wildman–Crippen LogP) is -0.351. The van der Waals surface area contributed by atoms with Gasteiger partial charge in [-0.3, -0.25) is 37.0 Å². The van der Waals surface area contributed by atoms with Crippen LogP contribution < -0.4 is 17.0 Å². The lowest BCUT2D eigenvalue weighted by atomic mass is 10.0. The van der Waals surface area contributed by atoms with Crippen LogP contribution in [-0.2, 0) is 41.4 Å². The number of aromatic amines is 1. The molecule has 4 aromatic heterocycles. The molecule has 4 fully saturated rings. The number of nitrogen functional groups attached to an aromatic ring is 2. The topological polar surface area (TPSA) is 286 Å². The van der Waals surface area contributed by atoms with Gasteiger partial charge < -0.3 is 35.5 Å². The van der Waals surface area contributed by atoms with E-state index in [1.54, 1.807) is 6.07 Å². The summed E-state index contributed by atoms with van der Waals surface area (Å²) in [6.07, 6.45) is -7.10. The molecule has 0 aromatic carbocycles. The predicted molar refractivity (Wildman–Crippen MR) is 147 cm³/mol. The van der Waals surface area contributed by atoms with Crippen LogP contribution in [0.4, 0.5) is 16.0 Å². The summed E-state index contributed by atoms with van der Waals surface area (Å²) < 4.78 is 84.0. The Morgan fingerprint density at radius 2 is 1.72 bits per heavy atom. The molecule has 246 valence electrons. The second-order valence-corrected chi connectivity index (χ2v) is 13.8. The maximum absolute atomic E-state index is 15.8. The lowest BCUT2D eigenvalue weighted by Gasteiger charge is -2.32.